The zero-order valence-electron chi connectivity index (χ0n) is 20.7. The molecule has 0 bridgehead atoms. The first-order chi connectivity index (χ1) is 18.5. The first-order valence-electron chi connectivity index (χ1n) is 12.3. The molecule has 4 aromatic rings. The van der Waals surface area contributed by atoms with Crippen LogP contribution in [0.15, 0.2) is 91.0 Å². The molecule has 38 heavy (non-hydrogen) atoms. The molecular formula is C31H26N4O3. The highest BCUT2D eigenvalue weighted by Crippen LogP contribution is 2.35. The molecule has 1 heterocycles. The minimum Gasteiger partial charge on any atom is -0.490 e. The molecule has 0 saturated heterocycles. The largest absolute Gasteiger partial charge is 0.490 e. The lowest BCUT2D eigenvalue weighted by molar-refractivity contribution is 0.0949. The van der Waals surface area contributed by atoms with E-state index < -0.39 is 5.91 Å². The SMILES string of the molecule is N#Cc1ccc(CNC(=O)c2ccc3c(c2)OCCN3Cc2ccccc2-c2ccc(C(N)=O)cc2)cc1. The van der Waals surface area contributed by atoms with Gasteiger partial charge in [-0.2, -0.15) is 5.26 Å². The van der Waals surface area contributed by atoms with Crippen LogP contribution in [0, 0.1) is 11.3 Å². The van der Waals surface area contributed by atoms with Crippen LogP contribution < -0.4 is 20.7 Å². The Hall–Kier alpha value is -5.09. The number of amides is 2. The molecule has 0 radical (unpaired) electrons. The Kier molecular flexibility index (Phi) is 7.05. The van der Waals surface area contributed by atoms with Crippen molar-refractivity contribution in [1.29, 1.82) is 5.26 Å². The molecule has 0 fully saturated rings. The summed E-state index contributed by atoms with van der Waals surface area (Å²) in [6.45, 7) is 2.26. The molecule has 2 amide bonds. The number of hydrogen-bond acceptors (Lipinski definition) is 5. The number of nitrogens with two attached hydrogens (primary N) is 1. The summed E-state index contributed by atoms with van der Waals surface area (Å²) in [5.41, 5.74) is 12.0. The third kappa shape index (κ3) is 5.35. The third-order valence-corrected chi connectivity index (χ3v) is 6.58. The van der Waals surface area contributed by atoms with E-state index in [1.54, 1.807) is 30.3 Å². The zero-order chi connectivity index (χ0) is 26.5. The van der Waals surface area contributed by atoms with Crippen LogP contribution in [-0.4, -0.2) is 25.0 Å². The molecule has 7 nitrogen and oxygen atoms in total. The van der Waals surface area contributed by atoms with E-state index in [9.17, 15) is 9.59 Å². The lowest BCUT2D eigenvalue weighted by Gasteiger charge is -2.32. The molecule has 4 aromatic carbocycles. The van der Waals surface area contributed by atoms with E-state index in [0.717, 1.165) is 27.9 Å². The average molecular weight is 503 g/mol. The minimum atomic E-state index is -0.447. The second-order valence-electron chi connectivity index (χ2n) is 9.04. The van der Waals surface area contributed by atoms with Gasteiger partial charge in [0.15, 0.2) is 0 Å². The van der Waals surface area contributed by atoms with Crippen molar-refractivity contribution < 1.29 is 14.3 Å². The number of hydrogen-bond donors (Lipinski definition) is 2. The van der Waals surface area contributed by atoms with Crippen molar-refractivity contribution in [2.75, 3.05) is 18.1 Å². The second-order valence-corrected chi connectivity index (χ2v) is 9.04. The number of carbonyl (C=O) groups excluding carboxylic acids is 2. The topological polar surface area (TPSA) is 108 Å². The van der Waals surface area contributed by atoms with Crippen molar-refractivity contribution in [3.63, 3.8) is 0 Å². The van der Waals surface area contributed by atoms with Crippen molar-refractivity contribution >= 4 is 17.5 Å². The Morgan fingerprint density at radius 3 is 2.42 bits per heavy atom. The standard InChI is InChI=1S/C31H26N4O3/c32-18-21-5-7-22(8-6-21)19-34-31(37)25-13-14-28-29(17-25)38-16-15-35(28)20-26-3-1-2-4-27(26)23-9-11-24(12-10-23)30(33)36/h1-14,17H,15-16,19-20H2,(H2,33,36)(H,34,37). The fourth-order valence-electron chi connectivity index (χ4n) is 4.52. The Bertz CT molecular complexity index is 1520. The van der Waals surface area contributed by atoms with Crippen LogP contribution in [-0.2, 0) is 13.1 Å². The maximum absolute atomic E-state index is 12.8. The molecule has 7 heteroatoms. The molecule has 0 aliphatic carbocycles. The Morgan fingerprint density at radius 2 is 1.68 bits per heavy atom. The predicted octanol–water partition coefficient (Wildman–Crippen LogP) is 4.65. The number of primary amides is 1. The summed E-state index contributed by atoms with van der Waals surface area (Å²) in [6.07, 6.45) is 0. The summed E-state index contributed by atoms with van der Waals surface area (Å²) in [7, 11) is 0. The van der Waals surface area contributed by atoms with Crippen LogP contribution in [0.2, 0.25) is 0 Å². The number of benzene rings is 4. The average Bonchev–Trinajstić information content (AvgIpc) is 2.96. The smallest absolute Gasteiger partial charge is 0.251 e. The molecule has 0 spiro atoms. The van der Waals surface area contributed by atoms with Gasteiger partial charge in [-0.05, 0) is 64.7 Å². The highest BCUT2D eigenvalue weighted by atomic mass is 16.5. The second kappa shape index (κ2) is 10.9. The van der Waals surface area contributed by atoms with E-state index in [2.05, 4.69) is 28.4 Å². The summed E-state index contributed by atoms with van der Waals surface area (Å²) in [5, 5.41) is 11.9. The summed E-state index contributed by atoms with van der Waals surface area (Å²) in [5.74, 6) is 0.0327. The van der Waals surface area contributed by atoms with E-state index >= 15 is 0 Å². The first-order valence-corrected chi connectivity index (χ1v) is 12.3. The van der Waals surface area contributed by atoms with Crippen LogP contribution in [0.5, 0.6) is 5.75 Å². The van der Waals surface area contributed by atoms with Gasteiger partial charge in [0.2, 0.25) is 5.91 Å². The molecular weight excluding hydrogens is 476 g/mol. The van der Waals surface area contributed by atoms with Gasteiger partial charge in [0.25, 0.3) is 5.91 Å². The van der Waals surface area contributed by atoms with Crippen LogP contribution in [0.25, 0.3) is 11.1 Å². The number of nitriles is 1. The lowest BCUT2D eigenvalue weighted by atomic mass is 9.98. The van der Waals surface area contributed by atoms with Crippen molar-refractivity contribution in [2.45, 2.75) is 13.1 Å². The Labute approximate surface area is 221 Å². The number of nitrogens with zero attached hydrogens (tertiary/aromatic N) is 2. The van der Waals surface area contributed by atoms with Crippen LogP contribution in [0.3, 0.4) is 0 Å². The number of nitrogens with one attached hydrogen (secondary N) is 1. The number of fused-ring (bicyclic) bond motifs is 1. The highest BCUT2D eigenvalue weighted by Gasteiger charge is 2.21. The van der Waals surface area contributed by atoms with Crippen molar-refractivity contribution in [1.82, 2.24) is 5.32 Å². The maximum Gasteiger partial charge on any atom is 0.251 e. The van der Waals surface area contributed by atoms with E-state index in [1.165, 1.54) is 0 Å². The molecule has 1 aliphatic rings. The molecule has 0 saturated carbocycles. The monoisotopic (exact) mass is 502 g/mol. The number of carbonyl (C=O) groups is 2. The molecule has 1 aliphatic heterocycles. The van der Waals surface area contributed by atoms with E-state index in [4.69, 9.17) is 15.7 Å². The normalized spacial score (nSPS) is 12.1. The predicted molar refractivity (Wildman–Crippen MR) is 146 cm³/mol. The fourth-order valence-corrected chi connectivity index (χ4v) is 4.52. The van der Waals surface area contributed by atoms with Gasteiger partial charge in [-0.25, -0.2) is 0 Å². The molecule has 5 rings (SSSR count). The number of rotatable bonds is 7. The summed E-state index contributed by atoms with van der Waals surface area (Å²) in [6, 6.07) is 30.2. The van der Waals surface area contributed by atoms with Gasteiger partial charge >= 0.3 is 0 Å². The summed E-state index contributed by atoms with van der Waals surface area (Å²) < 4.78 is 5.92. The molecule has 3 N–H and O–H groups in total. The maximum atomic E-state index is 12.8. The Morgan fingerprint density at radius 1 is 0.947 bits per heavy atom. The van der Waals surface area contributed by atoms with Gasteiger partial charge in [-0.1, -0.05) is 48.5 Å². The van der Waals surface area contributed by atoms with Crippen LogP contribution in [0.4, 0.5) is 5.69 Å². The first kappa shape index (κ1) is 24.6. The van der Waals surface area contributed by atoms with Crippen LogP contribution >= 0.6 is 0 Å². The molecule has 0 aromatic heterocycles. The molecule has 0 atom stereocenters. The van der Waals surface area contributed by atoms with Gasteiger partial charge < -0.3 is 20.7 Å². The Balaban J connectivity index is 1.31. The number of ether oxygens (including phenoxy) is 1. The number of anilines is 1. The third-order valence-electron chi connectivity index (χ3n) is 6.58. The van der Waals surface area contributed by atoms with Crippen molar-refractivity contribution in [3.8, 4) is 22.9 Å². The van der Waals surface area contributed by atoms with E-state index in [-0.39, 0.29) is 5.91 Å². The van der Waals surface area contributed by atoms with Crippen molar-refractivity contribution in [2.24, 2.45) is 5.73 Å². The lowest BCUT2D eigenvalue weighted by Crippen LogP contribution is -2.32. The van der Waals surface area contributed by atoms with Gasteiger partial charge in [0.05, 0.1) is 23.9 Å². The zero-order valence-corrected chi connectivity index (χ0v) is 20.7. The van der Waals surface area contributed by atoms with E-state index in [1.807, 2.05) is 48.5 Å². The van der Waals surface area contributed by atoms with Crippen molar-refractivity contribution in [3.05, 3.63) is 119 Å². The van der Waals surface area contributed by atoms with E-state index in [0.29, 0.717) is 48.7 Å². The fraction of sp³-hybridized carbons (Fsp3) is 0.129. The van der Waals surface area contributed by atoms with Crippen LogP contribution in [0.1, 0.15) is 37.4 Å². The molecule has 188 valence electrons. The van der Waals surface area contributed by atoms with Gasteiger partial charge in [-0.15, -0.1) is 0 Å². The molecule has 0 unspecified atom stereocenters. The quantitative estimate of drug-likeness (QED) is 0.382. The summed E-state index contributed by atoms with van der Waals surface area (Å²) >= 11 is 0. The van der Waals surface area contributed by atoms with Gasteiger partial charge in [-0.3, -0.25) is 9.59 Å². The van der Waals surface area contributed by atoms with Gasteiger partial charge in [0, 0.05) is 24.2 Å². The summed E-state index contributed by atoms with van der Waals surface area (Å²) in [4.78, 5) is 26.5. The van der Waals surface area contributed by atoms with Gasteiger partial charge in [0.1, 0.15) is 12.4 Å². The highest BCUT2D eigenvalue weighted by molar-refractivity contribution is 5.95. The minimum absolute atomic E-state index is 0.192.